The van der Waals surface area contributed by atoms with Gasteiger partial charge in [0.15, 0.2) is 0 Å². The molecule has 24 heavy (non-hydrogen) atoms. The molecule has 0 radical (unpaired) electrons. The lowest BCUT2D eigenvalue weighted by molar-refractivity contribution is -0.385. The molecule has 1 aromatic carbocycles. The number of rotatable bonds is 3. The number of carbonyl (C=O) groups excluding carboxylic acids is 1. The average molecular weight is 341 g/mol. The van der Waals surface area contributed by atoms with E-state index in [4.69, 9.17) is 4.42 Å². The summed E-state index contributed by atoms with van der Waals surface area (Å²) in [4.78, 5) is 29.4. The maximum atomic E-state index is 12.8. The number of benzene rings is 1. The van der Waals surface area contributed by atoms with Crippen molar-refractivity contribution >= 4 is 28.6 Å². The van der Waals surface area contributed by atoms with Crippen molar-refractivity contribution in [1.82, 2.24) is 4.98 Å². The Balaban J connectivity index is 1.66. The minimum Gasteiger partial charge on any atom is -0.472 e. The van der Waals surface area contributed by atoms with Crippen molar-refractivity contribution in [2.45, 2.75) is 6.42 Å². The molecule has 1 amide bonds. The minimum absolute atomic E-state index is 0.0557. The molecule has 0 bridgehead atoms. The van der Waals surface area contributed by atoms with Crippen LogP contribution < -0.4 is 4.90 Å². The van der Waals surface area contributed by atoms with E-state index in [9.17, 15) is 14.9 Å². The van der Waals surface area contributed by atoms with Crippen LogP contribution in [0.3, 0.4) is 0 Å². The number of nitro groups is 1. The van der Waals surface area contributed by atoms with Crippen molar-refractivity contribution in [2.24, 2.45) is 0 Å². The normalized spacial score (nSPS) is 13.1. The summed E-state index contributed by atoms with van der Waals surface area (Å²) in [6.45, 7) is 0.414. The van der Waals surface area contributed by atoms with Crippen LogP contribution in [0.15, 0.2) is 46.6 Å². The molecule has 4 rings (SSSR count). The van der Waals surface area contributed by atoms with Crippen LogP contribution in [-0.2, 0) is 6.42 Å². The van der Waals surface area contributed by atoms with Crippen LogP contribution in [0.1, 0.15) is 16.1 Å². The number of amides is 1. The minimum atomic E-state index is -0.410. The topological polar surface area (TPSA) is 89.5 Å². The highest BCUT2D eigenvalue weighted by Crippen LogP contribution is 2.36. The first-order valence-corrected chi connectivity index (χ1v) is 8.09. The zero-order chi connectivity index (χ0) is 16.7. The lowest BCUT2D eigenvalue weighted by Gasteiger charge is -2.15. The van der Waals surface area contributed by atoms with E-state index in [-0.39, 0.29) is 11.6 Å². The Morgan fingerprint density at radius 3 is 3.00 bits per heavy atom. The van der Waals surface area contributed by atoms with Crippen LogP contribution in [-0.4, -0.2) is 22.4 Å². The number of hydrogen-bond acceptors (Lipinski definition) is 6. The highest BCUT2D eigenvalue weighted by molar-refractivity contribution is 7.13. The molecular formula is C16H11N3O4S. The second-order valence-electron chi connectivity index (χ2n) is 5.29. The molecule has 3 heterocycles. The smallest absolute Gasteiger partial charge is 0.277 e. The molecule has 0 unspecified atom stereocenters. The highest BCUT2D eigenvalue weighted by atomic mass is 32.1. The summed E-state index contributed by atoms with van der Waals surface area (Å²) in [5.74, 6) is -0.250. The predicted octanol–water partition coefficient (Wildman–Crippen LogP) is 3.51. The molecule has 0 fully saturated rings. The van der Waals surface area contributed by atoms with E-state index in [1.54, 1.807) is 41.0 Å². The van der Waals surface area contributed by atoms with E-state index < -0.39 is 4.92 Å². The molecule has 120 valence electrons. The monoisotopic (exact) mass is 341 g/mol. The Morgan fingerprint density at radius 1 is 1.38 bits per heavy atom. The Labute approximate surface area is 140 Å². The van der Waals surface area contributed by atoms with Gasteiger partial charge in [-0.2, -0.15) is 0 Å². The van der Waals surface area contributed by atoms with Gasteiger partial charge in [0.25, 0.3) is 11.6 Å². The molecule has 0 atom stereocenters. The third-order valence-electron chi connectivity index (χ3n) is 3.94. The standard InChI is InChI=1S/C16H11N3O4S/c20-16(12-9-24-15(17-12)10-5-7-23-8-10)18-6-4-11-13(18)2-1-3-14(11)19(21)22/h1-3,5,7-9H,4,6H2. The summed E-state index contributed by atoms with van der Waals surface area (Å²) < 4.78 is 5.03. The van der Waals surface area contributed by atoms with Gasteiger partial charge < -0.3 is 9.32 Å². The van der Waals surface area contributed by atoms with Crippen molar-refractivity contribution in [1.29, 1.82) is 0 Å². The summed E-state index contributed by atoms with van der Waals surface area (Å²) in [5.41, 5.74) is 2.39. The highest BCUT2D eigenvalue weighted by Gasteiger charge is 2.31. The first-order chi connectivity index (χ1) is 11.6. The summed E-state index contributed by atoms with van der Waals surface area (Å²) in [6.07, 6.45) is 3.59. The Hall–Kier alpha value is -3.00. The summed E-state index contributed by atoms with van der Waals surface area (Å²) in [7, 11) is 0. The summed E-state index contributed by atoms with van der Waals surface area (Å²) in [5, 5.41) is 13.5. The Morgan fingerprint density at radius 2 is 2.25 bits per heavy atom. The Kier molecular flexibility index (Phi) is 3.39. The first kappa shape index (κ1) is 14.6. The van der Waals surface area contributed by atoms with Gasteiger partial charge in [-0.1, -0.05) is 6.07 Å². The number of aromatic nitrogens is 1. The number of furan rings is 1. The van der Waals surface area contributed by atoms with Crippen molar-refractivity contribution in [2.75, 3.05) is 11.4 Å². The molecule has 3 aromatic rings. The molecule has 0 aliphatic carbocycles. The van der Waals surface area contributed by atoms with Gasteiger partial charge in [-0.3, -0.25) is 14.9 Å². The largest absolute Gasteiger partial charge is 0.472 e. The van der Waals surface area contributed by atoms with Gasteiger partial charge in [0.2, 0.25) is 0 Å². The fourth-order valence-corrected chi connectivity index (χ4v) is 3.61. The number of hydrogen-bond donors (Lipinski definition) is 0. The quantitative estimate of drug-likeness (QED) is 0.537. The van der Waals surface area contributed by atoms with Gasteiger partial charge in [0.05, 0.1) is 22.4 Å². The van der Waals surface area contributed by atoms with Crippen LogP contribution in [0.5, 0.6) is 0 Å². The SMILES string of the molecule is O=C(c1csc(-c2ccoc2)n1)N1CCc2c1cccc2[N+](=O)[O-]. The third-order valence-corrected chi connectivity index (χ3v) is 4.83. The van der Waals surface area contributed by atoms with Crippen molar-refractivity contribution in [3.8, 4) is 10.6 Å². The van der Waals surface area contributed by atoms with Crippen LogP contribution in [0.2, 0.25) is 0 Å². The fourth-order valence-electron chi connectivity index (χ4n) is 2.83. The maximum absolute atomic E-state index is 12.8. The predicted molar refractivity (Wildman–Crippen MR) is 88.3 cm³/mol. The summed E-state index contributed by atoms with van der Waals surface area (Å²) in [6, 6.07) is 6.57. The number of thiazole rings is 1. The molecule has 7 nitrogen and oxygen atoms in total. The number of nitrogens with zero attached hydrogens (tertiary/aromatic N) is 3. The van der Waals surface area contributed by atoms with E-state index >= 15 is 0 Å². The van der Waals surface area contributed by atoms with Gasteiger partial charge in [-0.05, 0) is 18.6 Å². The lowest BCUT2D eigenvalue weighted by Crippen LogP contribution is -2.29. The molecule has 2 aromatic heterocycles. The van der Waals surface area contributed by atoms with Crippen LogP contribution in [0, 0.1) is 10.1 Å². The molecule has 0 N–H and O–H groups in total. The summed E-state index contributed by atoms with van der Waals surface area (Å²) >= 11 is 1.36. The third kappa shape index (κ3) is 2.28. The van der Waals surface area contributed by atoms with Gasteiger partial charge in [-0.25, -0.2) is 4.98 Å². The van der Waals surface area contributed by atoms with Gasteiger partial charge >= 0.3 is 0 Å². The fraction of sp³-hybridized carbons (Fsp3) is 0.125. The Bertz CT molecular complexity index is 933. The molecule has 1 aliphatic rings. The average Bonchev–Trinajstić information content (AvgIpc) is 3.31. The molecule has 1 aliphatic heterocycles. The van der Waals surface area contributed by atoms with E-state index in [0.717, 1.165) is 5.56 Å². The van der Waals surface area contributed by atoms with E-state index in [1.165, 1.54) is 17.4 Å². The molecular weight excluding hydrogens is 330 g/mol. The van der Waals surface area contributed by atoms with Gasteiger partial charge in [0, 0.05) is 23.6 Å². The van der Waals surface area contributed by atoms with Crippen molar-refractivity contribution in [3.63, 3.8) is 0 Å². The number of fused-ring (bicyclic) bond motifs is 1. The second-order valence-corrected chi connectivity index (χ2v) is 6.15. The molecule has 0 saturated carbocycles. The van der Waals surface area contributed by atoms with E-state index in [0.29, 0.717) is 34.9 Å². The van der Waals surface area contributed by atoms with Crippen LogP contribution in [0.4, 0.5) is 11.4 Å². The van der Waals surface area contributed by atoms with Gasteiger partial charge in [0.1, 0.15) is 17.0 Å². The lowest BCUT2D eigenvalue weighted by atomic mass is 10.1. The zero-order valence-corrected chi connectivity index (χ0v) is 13.2. The van der Waals surface area contributed by atoms with Crippen LogP contribution >= 0.6 is 11.3 Å². The zero-order valence-electron chi connectivity index (χ0n) is 12.3. The van der Waals surface area contributed by atoms with E-state index in [2.05, 4.69) is 4.98 Å². The number of anilines is 1. The van der Waals surface area contributed by atoms with E-state index in [1.807, 2.05) is 0 Å². The maximum Gasteiger partial charge on any atom is 0.277 e. The second kappa shape index (κ2) is 5.57. The van der Waals surface area contributed by atoms with Crippen LogP contribution in [0.25, 0.3) is 10.6 Å². The molecule has 8 heteroatoms. The molecule has 0 saturated heterocycles. The van der Waals surface area contributed by atoms with Crippen molar-refractivity contribution in [3.05, 3.63) is 63.5 Å². The molecule has 0 spiro atoms. The number of carbonyl (C=O) groups is 1. The number of nitro benzene ring substituents is 1. The van der Waals surface area contributed by atoms with Crippen molar-refractivity contribution < 1.29 is 14.1 Å². The first-order valence-electron chi connectivity index (χ1n) is 7.21. The van der Waals surface area contributed by atoms with Gasteiger partial charge in [-0.15, -0.1) is 11.3 Å².